The van der Waals surface area contributed by atoms with Crippen molar-refractivity contribution in [3.63, 3.8) is 0 Å². The van der Waals surface area contributed by atoms with Gasteiger partial charge in [-0.05, 0) is 39.2 Å². The van der Waals surface area contributed by atoms with Crippen molar-refractivity contribution < 1.29 is 14.4 Å². The summed E-state index contributed by atoms with van der Waals surface area (Å²) in [5, 5.41) is 3.41. The predicted molar refractivity (Wildman–Crippen MR) is 102 cm³/mol. The van der Waals surface area contributed by atoms with Gasteiger partial charge in [0.25, 0.3) is 11.8 Å². The number of rotatable bonds is 4. The molecule has 8 heteroatoms. The van der Waals surface area contributed by atoms with Crippen molar-refractivity contribution in [2.75, 3.05) is 5.43 Å². The van der Waals surface area contributed by atoms with E-state index in [9.17, 15) is 14.4 Å². The minimum Gasteiger partial charge on any atom is -0.356 e. The van der Waals surface area contributed by atoms with E-state index in [0.717, 1.165) is 22.0 Å². The van der Waals surface area contributed by atoms with Gasteiger partial charge in [-0.15, -0.1) is 11.3 Å². The quantitative estimate of drug-likeness (QED) is 0.479. The number of carbonyl (C=O) groups excluding carboxylic acids is 3. The molecule has 4 rings (SSSR count). The average molecular weight is 384 g/mol. The molecule has 2 aromatic rings. The Labute approximate surface area is 160 Å². The van der Waals surface area contributed by atoms with Crippen LogP contribution in [0.2, 0.25) is 0 Å². The Morgan fingerprint density at radius 2 is 1.85 bits per heavy atom. The van der Waals surface area contributed by atoms with Gasteiger partial charge in [-0.3, -0.25) is 19.8 Å². The Bertz CT molecular complexity index is 961. The molecule has 1 saturated heterocycles. The second-order valence-corrected chi connectivity index (χ2v) is 7.86. The van der Waals surface area contributed by atoms with Crippen LogP contribution in [-0.4, -0.2) is 32.6 Å². The van der Waals surface area contributed by atoms with Crippen molar-refractivity contribution in [1.29, 1.82) is 0 Å². The van der Waals surface area contributed by atoms with E-state index in [1.165, 1.54) is 11.3 Å². The fourth-order valence-electron chi connectivity index (χ4n) is 3.98. The predicted octanol–water partition coefficient (Wildman–Crippen LogP) is 3.24. The first-order valence-corrected chi connectivity index (χ1v) is 9.72. The fourth-order valence-corrected chi connectivity index (χ4v) is 4.67. The molecule has 140 valence electrons. The monoisotopic (exact) mass is 384 g/mol. The number of allylic oxidation sites excluding steroid dienone is 2. The molecular formula is C19H20N4O3S. The lowest BCUT2D eigenvalue weighted by Gasteiger charge is -2.14. The number of Topliss-reactive ketones (excluding diaryl/α,β-unsaturated/α-hetero) is 1. The number of nitrogens with zero attached hydrogens (tertiary/aromatic N) is 2. The van der Waals surface area contributed by atoms with Crippen molar-refractivity contribution in [3.8, 4) is 11.4 Å². The van der Waals surface area contributed by atoms with Gasteiger partial charge in [-0.25, -0.2) is 4.98 Å². The number of anilines is 1. The number of thiazole rings is 1. The van der Waals surface area contributed by atoms with Crippen LogP contribution in [0.4, 0.5) is 5.13 Å². The van der Waals surface area contributed by atoms with E-state index in [-0.39, 0.29) is 29.4 Å². The summed E-state index contributed by atoms with van der Waals surface area (Å²) in [5.41, 5.74) is 6.66. The summed E-state index contributed by atoms with van der Waals surface area (Å²) in [6.07, 6.45) is 5.12. The second kappa shape index (κ2) is 6.45. The number of hydrogen-bond acceptors (Lipinski definition) is 6. The number of aromatic amines is 1. The Balaban J connectivity index is 1.58. The third-order valence-corrected chi connectivity index (χ3v) is 6.01. The van der Waals surface area contributed by atoms with Crippen LogP contribution in [-0.2, 0) is 9.59 Å². The molecule has 0 saturated carbocycles. The normalized spacial score (nSPS) is 21.7. The summed E-state index contributed by atoms with van der Waals surface area (Å²) in [5.74, 6) is -0.944. The topological polar surface area (TPSA) is 95.2 Å². The summed E-state index contributed by atoms with van der Waals surface area (Å²) in [6, 6.07) is 0. The highest BCUT2D eigenvalue weighted by Crippen LogP contribution is 2.36. The van der Waals surface area contributed by atoms with Crippen LogP contribution in [0, 0.1) is 25.7 Å². The van der Waals surface area contributed by atoms with E-state index in [2.05, 4.69) is 15.4 Å². The number of fused-ring (bicyclic) bond motifs is 1. The minimum absolute atomic E-state index is 0.00514. The molecule has 1 aliphatic carbocycles. The van der Waals surface area contributed by atoms with Crippen LogP contribution in [0.5, 0.6) is 0 Å². The summed E-state index contributed by atoms with van der Waals surface area (Å²) < 4.78 is 0. The van der Waals surface area contributed by atoms with Crippen molar-refractivity contribution in [3.05, 3.63) is 34.4 Å². The number of ketones is 1. The molecule has 2 atom stereocenters. The largest absolute Gasteiger partial charge is 0.356 e. The molecule has 1 fully saturated rings. The molecular weight excluding hydrogens is 364 g/mol. The second-order valence-electron chi connectivity index (χ2n) is 7.00. The van der Waals surface area contributed by atoms with E-state index < -0.39 is 0 Å². The lowest BCUT2D eigenvalue weighted by atomic mass is 9.85. The number of aromatic nitrogens is 2. The number of carbonyl (C=O) groups is 3. The van der Waals surface area contributed by atoms with Crippen LogP contribution < -0.4 is 5.43 Å². The summed E-state index contributed by atoms with van der Waals surface area (Å²) in [7, 11) is 0. The van der Waals surface area contributed by atoms with Gasteiger partial charge in [-0.2, -0.15) is 5.01 Å². The maximum Gasteiger partial charge on any atom is 0.252 e. The van der Waals surface area contributed by atoms with Gasteiger partial charge in [-0.1, -0.05) is 12.2 Å². The molecule has 2 amide bonds. The lowest BCUT2D eigenvalue weighted by Crippen LogP contribution is -2.36. The third kappa shape index (κ3) is 2.80. The molecule has 2 aliphatic rings. The summed E-state index contributed by atoms with van der Waals surface area (Å²) in [4.78, 5) is 44.6. The number of nitrogens with one attached hydrogen (secondary N) is 2. The number of hydrazine groups is 1. The maximum absolute atomic E-state index is 12.6. The van der Waals surface area contributed by atoms with E-state index in [1.807, 2.05) is 31.4 Å². The standard InChI is InChI=1S/C19H20N4O3S/c1-9-15(11(3)24)10(2)20-16(9)14-8-27-19(21-14)22-23-17(25)12-6-4-5-7-13(12)18(23)26/h4-5,8,12-13,20H,6-7H2,1-3H3,(H,21,22). The van der Waals surface area contributed by atoms with Gasteiger partial charge in [0, 0.05) is 16.6 Å². The van der Waals surface area contributed by atoms with Gasteiger partial charge in [0.1, 0.15) is 5.69 Å². The van der Waals surface area contributed by atoms with E-state index in [0.29, 0.717) is 29.2 Å². The van der Waals surface area contributed by atoms with E-state index in [4.69, 9.17) is 0 Å². The van der Waals surface area contributed by atoms with Gasteiger partial charge >= 0.3 is 0 Å². The number of amides is 2. The molecule has 3 heterocycles. The molecule has 1 aliphatic heterocycles. The highest BCUT2D eigenvalue weighted by molar-refractivity contribution is 7.14. The van der Waals surface area contributed by atoms with Crippen molar-refractivity contribution in [2.24, 2.45) is 11.8 Å². The van der Waals surface area contributed by atoms with Crippen molar-refractivity contribution in [1.82, 2.24) is 15.0 Å². The Morgan fingerprint density at radius 1 is 1.22 bits per heavy atom. The first-order valence-electron chi connectivity index (χ1n) is 8.84. The smallest absolute Gasteiger partial charge is 0.252 e. The zero-order chi connectivity index (χ0) is 19.3. The molecule has 2 unspecified atom stereocenters. The molecule has 0 aromatic carbocycles. The fraction of sp³-hybridized carbons (Fsp3) is 0.368. The molecule has 0 radical (unpaired) electrons. The first-order chi connectivity index (χ1) is 12.9. The van der Waals surface area contributed by atoms with Crippen molar-refractivity contribution in [2.45, 2.75) is 33.6 Å². The highest BCUT2D eigenvalue weighted by Gasteiger charge is 2.47. The minimum atomic E-state index is -0.277. The SMILES string of the molecule is CC(=O)c1c(C)[nH]c(-c2csc(NN3C(=O)C4CC=CCC4C3=O)n2)c1C. The van der Waals surface area contributed by atoms with Gasteiger partial charge < -0.3 is 4.98 Å². The Morgan fingerprint density at radius 3 is 2.41 bits per heavy atom. The summed E-state index contributed by atoms with van der Waals surface area (Å²) >= 11 is 1.31. The first kappa shape index (κ1) is 17.7. The summed E-state index contributed by atoms with van der Waals surface area (Å²) in [6.45, 7) is 5.28. The number of hydrogen-bond donors (Lipinski definition) is 2. The van der Waals surface area contributed by atoms with Crippen LogP contribution in [0.1, 0.15) is 41.4 Å². The van der Waals surface area contributed by atoms with Gasteiger partial charge in [0.2, 0.25) is 5.13 Å². The highest BCUT2D eigenvalue weighted by atomic mass is 32.1. The number of imide groups is 1. The van der Waals surface area contributed by atoms with Crippen LogP contribution in [0.3, 0.4) is 0 Å². The zero-order valence-corrected chi connectivity index (χ0v) is 16.1. The maximum atomic E-state index is 12.6. The van der Waals surface area contributed by atoms with Crippen LogP contribution in [0.15, 0.2) is 17.5 Å². The molecule has 2 aromatic heterocycles. The van der Waals surface area contributed by atoms with E-state index >= 15 is 0 Å². The number of H-pyrrole nitrogens is 1. The molecule has 0 bridgehead atoms. The van der Waals surface area contributed by atoms with Crippen LogP contribution in [0.25, 0.3) is 11.4 Å². The molecule has 2 N–H and O–H groups in total. The third-order valence-electron chi connectivity index (χ3n) is 5.26. The number of aryl methyl sites for hydroxylation is 1. The zero-order valence-electron chi connectivity index (χ0n) is 15.3. The van der Waals surface area contributed by atoms with Crippen LogP contribution >= 0.6 is 11.3 Å². The molecule has 7 nitrogen and oxygen atoms in total. The lowest BCUT2D eigenvalue weighted by molar-refractivity contribution is -0.138. The Hall–Kier alpha value is -2.74. The Kier molecular flexibility index (Phi) is 4.22. The average Bonchev–Trinajstić information content (AvgIpc) is 3.28. The molecule has 0 spiro atoms. The molecule has 27 heavy (non-hydrogen) atoms. The van der Waals surface area contributed by atoms with Crippen molar-refractivity contribution >= 4 is 34.1 Å². The van der Waals surface area contributed by atoms with Gasteiger partial charge in [0.15, 0.2) is 5.78 Å². The van der Waals surface area contributed by atoms with Gasteiger partial charge in [0.05, 0.1) is 17.5 Å². The van der Waals surface area contributed by atoms with E-state index in [1.54, 1.807) is 6.92 Å².